The Labute approximate surface area is 139 Å². The van der Waals surface area contributed by atoms with E-state index in [0.717, 1.165) is 5.69 Å². The second-order valence-electron chi connectivity index (χ2n) is 5.96. The van der Waals surface area contributed by atoms with Crippen LogP contribution in [0.1, 0.15) is 17.4 Å². The van der Waals surface area contributed by atoms with Crippen LogP contribution in [0.5, 0.6) is 5.75 Å². The highest BCUT2D eigenvalue weighted by molar-refractivity contribution is 5.95. The number of carbonyl (C=O) groups is 2. The molecule has 1 saturated heterocycles. The van der Waals surface area contributed by atoms with Crippen LogP contribution >= 0.6 is 0 Å². The third-order valence-electron chi connectivity index (χ3n) is 4.34. The first-order valence-corrected chi connectivity index (χ1v) is 7.72. The van der Waals surface area contributed by atoms with Crippen LogP contribution < -0.4 is 4.74 Å². The monoisotopic (exact) mass is 329 g/mol. The van der Waals surface area contributed by atoms with Gasteiger partial charge in [-0.15, -0.1) is 0 Å². The van der Waals surface area contributed by atoms with E-state index in [1.807, 2.05) is 37.3 Å². The van der Waals surface area contributed by atoms with Gasteiger partial charge in [-0.05, 0) is 18.1 Å². The van der Waals surface area contributed by atoms with Crippen LogP contribution in [0.15, 0.2) is 36.5 Å². The molecule has 2 atom stereocenters. The summed E-state index contributed by atoms with van der Waals surface area (Å²) in [4.78, 5) is 25.5. The molecule has 1 amide bonds. The molecule has 1 aliphatic rings. The van der Waals surface area contributed by atoms with Crippen molar-refractivity contribution >= 4 is 11.9 Å². The van der Waals surface area contributed by atoms with Gasteiger partial charge >= 0.3 is 5.97 Å². The number of ether oxygens (including phenoxy) is 1. The molecule has 1 N–H and O–H groups in total. The zero-order valence-corrected chi connectivity index (χ0v) is 13.5. The molecule has 1 aromatic heterocycles. The van der Waals surface area contributed by atoms with E-state index < -0.39 is 11.9 Å². The van der Waals surface area contributed by atoms with E-state index in [1.165, 1.54) is 12.0 Å². The van der Waals surface area contributed by atoms with Gasteiger partial charge in [-0.1, -0.05) is 25.1 Å². The molecular weight excluding hydrogens is 310 g/mol. The first-order chi connectivity index (χ1) is 11.5. The van der Waals surface area contributed by atoms with Crippen molar-refractivity contribution in [2.45, 2.75) is 6.92 Å². The molecule has 7 nitrogen and oxygen atoms in total. The molecule has 126 valence electrons. The second kappa shape index (κ2) is 6.35. The molecule has 0 unspecified atom stereocenters. The zero-order chi connectivity index (χ0) is 17.3. The molecule has 7 heteroatoms. The van der Waals surface area contributed by atoms with Crippen molar-refractivity contribution in [2.75, 3.05) is 20.2 Å². The minimum absolute atomic E-state index is 0.0892. The Bertz CT molecular complexity index is 756. The molecule has 0 saturated carbocycles. The molecule has 2 aromatic rings. The van der Waals surface area contributed by atoms with Gasteiger partial charge in [-0.25, -0.2) is 4.68 Å². The molecule has 1 aromatic carbocycles. The van der Waals surface area contributed by atoms with Gasteiger partial charge < -0.3 is 14.7 Å². The lowest BCUT2D eigenvalue weighted by atomic mass is 9.99. The maximum Gasteiger partial charge on any atom is 0.308 e. The van der Waals surface area contributed by atoms with E-state index in [9.17, 15) is 14.7 Å². The van der Waals surface area contributed by atoms with Crippen molar-refractivity contribution in [3.05, 3.63) is 42.2 Å². The van der Waals surface area contributed by atoms with Gasteiger partial charge in [-0.3, -0.25) is 9.59 Å². The number of benzene rings is 1. The molecule has 0 bridgehead atoms. The van der Waals surface area contributed by atoms with E-state index in [1.54, 1.807) is 10.9 Å². The maximum atomic E-state index is 12.8. The first-order valence-electron chi connectivity index (χ1n) is 7.72. The second-order valence-corrected chi connectivity index (χ2v) is 5.96. The number of para-hydroxylation sites is 1. The first kappa shape index (κ1) is 16.0. The third-order valence-corrected chi connectivity index (χ3v) is 4.34. The van der Waals surface area contributed by atoms with Gasteiger partial charge in [0.2, 0.25) is 0 Å². The molecule has 24 heavy (non-hydrogen) atoms. The van der Waals surface area contributed by atoms with Crippen molar-refractivity contribution in [3.63, 3.8) is 0 Å². The average Bonchev–Trinajstić information content (AvgIpc) is 3.18. The Morgan fingerprint density at radius 1 is 1.25 bits per heavy atom. The maximum absolute atomic E-state index is 12.8. The van der Waals surface area contributed by atoms with Crippen molar-refractivity contribution in [2.24, 2.45) is 11.8 Å². The summed E-state index contributed by atoms with van der Waals surface area (Å²) in [6.07, 6.45) is 1.65. The van der Waals surface area contributed by atoms with Crippen LogP contribution in [0.25, 0.3) is 5.69 Å². The molecular formula is C17H19N3O4. The number of carboxylic acid groups (broad SMARTS) is 1. The molecule has 0 radical (unpaired) electrons. The summed E-state index contributed by atoms with van der Waals surface area (Å²) in [6.45, 7) is 2.43. The largest absolute Gasteiger partial charge is 0.493 e. The number of methoxy groups -OCH3 is 1. The van der Waals surface area contributed by atoms with Crippen LogP contribution in [0.4, 0.5) is 0 Å². The van der Waals surface area contributed by atoms with Gasteiger partial charge in [0.1, 0.15) is 0 Å². The van der Waals surface area contributed by atoms with Crippen LogP contribution in [-0.4, -0.2) is 51.9 Å². The number of amides is 1. The summed E-state index contributed by atoms with van der Waals surface area (Å²) < 4.78 is 6.87. The molecule has 3 rings (SSSR count). The minimum atomic E-state index is -0.875. The normalized spacial score (nSPS) is 20.2. The fourth-order valence-corrected chi connectivity index (χ4v) is 2.97. The van der Waals surface area contributed by atoms with Crippen LogP contribution in [-0.2, 0) is 4.79 Å². The third kappa shape index (κ3) is 2.84. The van der Waals surface area contributed by atoms with Gasteiger partial charge in [0.25, 0.3) is 5.91 Å². The lowest BCUT2D eigenvalue weighted by molar-refractivity contribution is -0.142. The lowest BCUT2D eigenvalue weighted by Crippen LogP contribution is -2.30. The number of rotatable bonds is 4. The Balaban J connectivity index is 1.88. The summed E-state index contributed by atoms with van der Waals surface area (Å²) in [6, 6.07) is 9.40. The van der Waals surface area contributed by atoms with Gasteiger partial charge in [-0.2, -0.15) is 5.10 Å². The number of hydrogen-bond acceptors (Lipinski definition) is 4. The standard InChI is InChI=1S/C17H19N3O4/c1-11-8-19(9-13(11)17(22)23)16(21)15-14(24-2)10-20(18-15)12-6-4-3-5-7-12/h3-7,10-11,13H,8-9H2,1-2H3,(H,22,23)/t11-,13-/m1/s1. The summed E-state index contributed by atoms with van der Waals surface area (Å²) in [7, 11) is 1.48. The Hall–Kier alpha value is -2.83. The lowest BCUT2D eigenvalue weighted by Gasteiger charge is -2.14. The summed E-state index contributed by atoms with van der Waals surface area (Å²) in [5, 5.41) is 13.6. The number of aromatic nitrogens is 2. The number of carboxylic acids is 1. The smallest absolute Gasteiger partial charge is 0.308 e. The number of likely N-dealkylation sites (tertiary alicyclic amines) is 1. The molecule has 2 heterocycles. The highest BCUT2D eigenvalue weighted by Gasteiger charge is 2.38. The van der Waals surface area contributed by atoms with Gasteiger partial charge in [0.15, 0.2) is 11.4 Å². The Morgan fingerprint density at radius 3 is 2.54 bits per heavy atom. The number of hydrogen-bond donors (Lipinski definition) is 1. The predicted octanol–water partition coefficient (Wildman–Crippen LogP) is 1.67. The highest BCUT2D eigenvalue weighted by Crippen LogP contribution is 2.27. The Kier molecular flexibility index (Phi) is 4.24. The van der Waals surface area contributed by atoms with Crippen LogP contribution in [0.3, 0.4) is 0 Å². The SMILES string of the molecule is COc1cn(-c2ccccc2)nc1C(=O)N1C[C@@H](C)[C@H](C(=O)O)C1. The van der Waals surface area contributed by atoms with Crippen molar-refractivity contribution < 1.29 is 19.4 Å². The van der Waals surface area contributed by atoms with Gasteiger partial charge in [0.05, 0.1) is 24.9 Å². The number of carbonyl (C=O) groups excluding carboxylic acids is 1. The summed E-state index contributed by atoms with van der Waals surface area (Å²) in [5.74, 6) is -1.45. The topological polar surface area (TPSA) is 84.7 Å². The fraction of sp³-hybridized carbons (Fsp3) is 0.353. The van der Waals surface area contributed by atoms with Gasteiger partial charge in [0, 0.05) is 13.1 Å². The van der Waals surface area contributed by atoms with E-state index in [0.29, 0.717) is 12.3 Å². The summed E-state index contributed by atoms with van der Waals surface area (Å²) in [5.41, 5.74) is 1.01. The van der Waals surface area contributed by atoms with Crippen LogP contribution in [0.2, 0.25) is 0 Å². The molecule has 0 aliphatic carbocycles. The van der Waals surface area contributed by atoms with E-state index >= 15 is 0 Å². The van der Waals surface area contributed by atoms with Crippen molar-refractivity contribution in [1.82, 2.24) is 14.7 Å². The average molecular weight is 329 g/mol. The van der Waals surface area contributed by atoms with Crippen molar-refractivity contribution in [3.8, 4) is 11.4 Å². The van der Waals surface area contributed by atoms with E-state index in [4.69, 9.17) is 4.74 Å². The number of nitrogens with zero attached hydrogens (tertiary/aromatic N) is 3. The quantitative estimate of drug-likeness (QED) is 0.922. The zero-order valence-electron chi connectivity index (χ0n) is 13.5. The van der Waals surface area contributed by atoms with E-state index in [-0.39, 0.29) is 24.1 Å². The van der Waals surface area contributed by atoms with E-state index in [2.05, 4.69) is 5.10 Å². The molecule has 1 aliphatic heterocycles. The Morgan fingerprint density at radius 2 is 1.96 bits per heavy atom. The minimum Gasteiger partial charge on any atom is -0.493 e. The van der Waals surface area contributed by atoms with Crippen LogP contribution in [0, 0.1) is 11.8 Å². The molecule has 1 fully saturated rings. The number of aliphatic carboxylic acids is 1. The molecule has 0 spiro atoms. The van der Waals surface area contributed by atoms with Crippen molar-refractivity contribution in [1.29, 1.82) is 0 Å². The fourth-order valence-electron chi connectivity index (χ4n) is 2.97. The highest BCUT2D eigenvalue weighted by atomic mass is 16.5. The predicted molar refractivity (Wildman–Crippen MR) is 86.3 cm³/mol. The summed E-state index contributed by atoms with van der Waals surface area (Å²) >= 11 is 0.